The molecule has 0 aromatic carbocycles. The number of hydrogen-bond acceptors (Lipinski definition) is 4. The van der Waals surface area contributed by atoms with E-state index in [1.807, 2.05) is 13.1 Å². The number of carbonyl (C=O) groups excluding carboxylic acids is 1. The molecule has 88 valence electrons. The lowest BCUT2D eigenvalue weighted by atomic mass is 10.1. The van der Waals surface area contributed by atoms with Crippen LogP contribution in [0, 0.1) is 12.8 Å². The third kappa shape index (κ3) is 2.80. The molecule has 0 saturated heterocycles. The van der Waals surface area contributed by atoms with Crippen molar-refractivity contribution in [3.05, 3.63) is 16.1 Å². The number of rotatable bonds is 3. The first kappa shape index (κ1) is 11.5. The maximum Gasteiger partial charge on any atom is 0.223 e. The topological polar surface area (TPSA) is 68.0 Å². The standard InChI is InChI=1S/C11H17N3OS/c1-7-5-13-10(16-7)6-14-11(15)8-2-3-9(12)4-8/h5,8-9H,2-4,6,12H2,1H3,(H,14,15). The van der Waals surface area contributed by atoms with Crippen LogP contribution < -0.4 is 11.1 Å². The number of aryl methyl sites for hydroxylation is 1. The molecule has 1 aromatic heterocycles. The summed E-state index contributed by atoms with van der Waals surface area (Å²) in [7, 11) is 0. The van der Waals surface area contributed by atoms with E-state index in [4.69, 9.17) is 5.73 Å². The number of hydrogen-bond donors (Lipinski definition) is 2. The van der Waals surface area contributed by atoms with Gasteiger partial charge >= 0.3 is 0 Å². The van der Waals surface area contributed by atoms with Crippen LogP contribution >= 0.6 is 11.3 Å². The van der Waals surface area contributed by atoms with Crippen molar-refractivity contribution in [2.75, 3.05) is 0 Å². The Morgan fingerprint density at radius 1 is 1.69 bits per heavy atom. The van der Waals surface area contributed by atoms with Crippen LogP contribution in [0.2, 0.25) is 0 Å². The van der Waals surface area contributed by atoms with E-state index in [9.17, 15) is 4.79 Å². The van der Waals surface area contributed by atoms with Crippen LogP contribution in [0.4, 0.5) is 0 Å². The van der Waals surface area contributed by atoms with Gasteiger partial charge in [0.15, 0.2) is 0 Å². The molecule has 1 aliphatic rings. The van der Waals surface area contributed by atoms with Gasteiger partial charge in [0.2, 0.25) is 5.91 Å². The van der Waals surface area contributed by atoms with E-state index in [2.05, 4.69) is 10.3 Å². The zero-order valence-corrected chi connectivity index (χ0v) is 10.2. The van der Waals surface area contributed by atoms with Gasteiger partial charge in [-0.2, -0.15) is 0 Å². The monoisotopic (exact) mass is 239 g/mol. The van der Waals surface area contributed by atoms with Gasteiger partial charge in [0, 0.05) is 23.0 Å². The van der Waals surface area contributed by atoms with Crippen LogP contribution in [0.3, 0.4) is 0 Å². The van der Waals surface area contributed by atoms with Crippen LogP contribution in [-0.2, 0) is 11.3 Å². The molecular formula is C11H17N3OS. The molecule has 1 amide bonds. The maximum atomic E-state index is 11.8. The van der Waals surface area contributed by atoms with E-state index in [0.29, 0.717) is 6.54 Å². The number of nitrogens with zero attached hydrogens (tertiary/aromatic N) is 1. The lowest BCUT2D eigenvalue weighted by molar-refractivity contribution is -0.125. The number of nitrogens with one attached hydrogen (secondary N) is 1. The van der Waals surface area contributed by atoms with Crippen molar-refractivity contribution >= 4 is 17.2 Å². The van der Waals surface area contributed by atoms with Crippen LogP contribution in [0.5, 0.6) is 0 Å². The molecule has 3 N–H and O–H groups in total. The number of nitrogens with two attached hydrogens (primary N) is 1. The Balaban J connectivity index is 1.80. The molecule has 5 heteroatoms. The Hall–Kier alpha value is -0.940. The summed E-state index contributed by atoms with van der Waals surface area (Å²) in [5, 5.41) is 3.89. The first-order chi connectivity index (χ1) is 7.65. The normalized spacial score (nSPS) is 24.6. The number of thiazole rings is 1. The minimum atomic E-state index is 0.107. The quantitative estimate of drug-likeness (QED) is 0.832. The Kier molecular flexibility index (Phi) is 3.56. The summed E-state index contributed by atoms with van der Waals surface area (Å²) in [6, 6.07) is 0.206. The second-order valence-corrected chi connectivity index (χ2v) is 5.67. The highest BCUT2D eigenvalue weighted by molar-refractivity contribution is 7.11. The maximum absolute atomic E-state index is 11.8. The molecule has 1 heterocycles. The highest BCUT2D eigenvalue weighted by Crippen LogP contribution is 2.24. The van der Waals surface area contributed by atoms with Gasteiger partial charge in [-0.25, -0.2) is 4.98 Å². The molecule has 1 fully saturated rings. The minimum absolute atomic E-state index is 0.107. The van der Waals surface area contributed by atoms with Crippen molar-refractivity contribution in [2.24, 2.45) is 11.7 Å². The Labute approximate surface area is 99.3 Å². The molecule has 2 unspecified atom stereocenters. The molecule has 4 nitrogen and oxygen atoms in total. The number of carbonyl (C=O) groups is 1. The molecule has 1 saturated carbocycles. The van der Waals surface area contributed by atoms with Gasteiger partial charge in [-0.1, -0.05) is 0 Å². The highest BCUT2D eigenvalue weighted by Gasteiger charge is 2.27. The van der Waals surface area contributed by atoms with E-state index in [1.54, 1.807) is 11.3 Å². The molecule has 1 aromatic rings. The molecule has 0 bridgehead atoms. The summed E-state index contributed by atoms with van der Waals surface area (Å²) in [6.07, 6.45) is 4.54. The van der Waals surface area contributed by atoms with Gasteiger partial charge in [0.25, 0.3) is 0 Å². The molecule has 2 rings (SSSR count). The van der Waals surface area contributed by atoms with Crippen molar-refractivity contribution in [1.82, 2.24) is 10.3 Å². The average Bonchev–Trinajstić information content (AvgIpc) is 2.84. The fraction of sp³-hybridized carbons (Fsp3) is 0.636. The second-order valence-electron chi connectivity index (χ2n) is 4.35. The lowest BCUT2D eigenvalue weighted by Gasteiger charge is -2.09. The predicted octanol–water partition coefficient (Wildman–Crippen LogP) is 1.20. The van der Waals surface area contributed by atoms with Crippen molar-refractivity contribution in [3.8, 4) is 0 Å². The van der Waals surface area contributed by atoms with Crippen LogP contribution in [0.1, 0.15) is 29.1 Å². The summed E-state index contributed by atoms with van der Waals surface area (Å²) in [6.45, 7) is 2.56. The van der Waals surface area contributed by atoms with Gasteiger partial charge in [0.1, 0.15) is 5.01 Å². The average molecular weight is 239 g/mol. The van der Waals surface area contributed by atoms with Crippen molar-refractivity contribution in [2.45, 2.75) is 38.8 Å². The summed E-state index contributed by atoms with van der Waals surface area (Å²) in [5.41, 5.74) is 5.78. The lowest BCUT2D eigenvalue weighted by Crippen LogP contribution is -2.29. The van der Waals surface area contributed by atoms with Crippen molar-refractivity contribution in [3.63, 3.8) is 0 Å². The fourth-order valence-corrected chi connectivity index (χ4v) is 2.77. The van der Waals surface area contributed by atoms with E-state index in [0.717, 1.165) is 24.3 Å². The van der Waals surface area contributed by atoms with E-state index in [-0.39, 0.29) is 17.9 Å². The van der Waals surface area contributed by atoms with Crippen molar-refractivity contribution in [1.29, 1.82) is 0 Å². The van der Waals surface area contributed by atoms with Crippen molar-refractivity contribution < 1.29 is 4.79 Å². The van der Waals surface area contributed by atoms with Crippen LogP contribution in [0.25, 0.3) is 0 Å². The number of aromatic nitrogens is 1. The highest BCUT2D eigenvalue weighted by atomic mass is 32.1. The summed E-state index contributed by atoms with van der Waals surface area (Å²) in [4.78, 5) is 17.2. The van der Waals surface area contributed by atoms with Crippen LogP contribution in [-0.4, -0.2) is 16.9 Å². The minimum Gasteiger partial charge on any atom is -0.349 e. The Morgan fingerprint density at radius 3 is 3.06 bits per heavy atom. The molecule has 0 aliphatic heterocycles. The van der Waals surface area contributed by atoms with Gasteiger partial charge in [0.05, 0.1) is 6.54 Å². The summed E-state index contributed by atoms with van der Waals surface area (Å²) in [5.74, 6) is 0.233. The van der Waals surface area contributed by atoms with Gasteiger partial charge in [-0.15, -0.1) is 11.3 Å². The number of amides is 1. The van der Waals surface area contributed by atoms with Gasteiger partial charge < -0.3 is 11.1 Å². The SMILES string of the molecule is Cc1cnc(CNC(=O)C2CCC(N)C2)s1. The molecule has 0 radical (unpaired) electrons. The molecule has 16 heavy (non-hydrogen) atoms. The van der Waals surface area contributed by atoms with Gasteiger partial charge in [-0.3, -0.25) is 4.79 Å². The third-order valence-corrected chi connectivity index (χ3v) is 3.84. The van der Waals surface area contributed by atoms with E-state index >= 15 is 0 Å². The zero-order chi connectivity index (χ0) is 11.5. The van der Waals surface area contributed by atoms with E-state index < -0.39 is 0 Å². The molecule has 1 aliphatic carbocycles. The van der Waals surface area contributed by atoms with E-state index in [1.165, 1.54) is 4.88 Å². The predicted molar refractivity (Wildman–Crippen MR) is 64.0 cm³/mol. The van der Waals surface area contributed by atoms with Crippen LogP contribution in [0.15, 0.2) is 6.20 Å². The first-order valence-corrected chi connectivity index (χ1v) is 6.41. The Bertz CT molecular complexity index is 377. The zero-order valence-electron chi connectivity index (χ0n) is 9.40. The third-order valence-electron chi connectivity index (χ3n) is 2.93. The smallest absolute Gasteiger partial charge is 0.223 e. The molecule has 2 atom stereocenters. The van der Waals surface area contributed by atoms with Gasteiger partial charge in [-0.05, 0) is 26.2 Å². The molecule has 0 spiro atoms. The Morgan fingerprint density at radius 2 is 2.50 bits per heavy atom. The first-order valence-electron chi connectivity index (χ1n) is 5.59. The summed E-state index contributed by atoms with van der Waals surface area (Å²) < 4.78 is 0. The largest absolute Gasteiger partial charge is 0.349 e. The fourth-order valence-electron chi connectivity index (χ4n) is 2.04. The summed E-state index contributed by atoms with van der Waals surface area (Å²) >= 11 is 1.62. The second kappa shape index (κ2) is 4.93. The molecular weight excluding hydrogens is 222 g/mol.